The number of thiocarbonyl (C=S) groups is 1. The molecule has 0 aromatic rings. The van der Waals surface area contributed by atoms with E-state index in [9.17, 15) is 4.79 Å². The summed E-state index contributed by atoms with van der Waals surface area (Å²) in [6.45, 7) is 5.62. The molecular weight excluding hydrogens is 282 g/mol. The number of piperazine rings is 1. The minimum Gasteiger partial charge on any atom is -0.392 e. The van der Waals surface area contributed by atoms with Crippen LogP contribution in [0.5, 0.6) is 0 Å². The van der Waals surface area contributed by atoms with Crippen LogP contribution in [0.15, 0.2) is 0 Å². The molecule has 1 saturated carbocycles. The van der Waals surface area contributed by atoms with Gasteiger partial charge in [0.05, 0.1) is 11.0 Å². The molecule has 5 heteroatoms. The molecule has 1 saturated heterocycles. The predicted octanol–water partition coefficient (Wildman–Crippen LogP) is 2.17. The van der Waals surface area contributed by atoms with Gasteiger partial charge in [0.2, 0.25) is 5.91 Å². The smallest absolute Gasteiger partial charge is 0.222 e. The topological polar surface area (TPSA) is 49.6 Å². The number of nitrogens with zero attached hydrogens (tertiary/aromatic N) is 2. The maximum atomic E-state index is 12.3. The molecule has 2 N–H and O–H groups in total. The number of carbonyl (C=O) groups excluding carboxylic acids is 1. The molecule has 1 aliphatic carbocycles. The SMILES string of the molecule is CCCC(C(N)=S)N1CCN(C(=O)CC2CCCC2)CC1. The zero-order valence-corrected chi connectivity index (χ0v) is 14.0. The van der Waals surface area contributed by atoms with Gasteiger partial charge in [-0.25, -0.2) is 0 Å². The number of hydrogen-bond donors (Lipinski definition) is 1. The van der Waals surface area contributed by atoms with Crippen molar-refractivity contribution in [3.63, 3.8) is 0 Å². The number of carbonyl (C=O) groups is 1. The van der Waals surface area contributed by atoms with Gasteiger partial charge in [-0.2, -0.15) is 0 Å². The van der Waals surface area contributed by atoms with Gasteiger partial charge in [-0.15, -0.1) is 0 Å². The lowest BCUT2D eigenvalue weighted by Gasteiger charge is -2.39. The molecule has 0 radical (unpaired) electrons. The van der Waals surface area contributed by atoms with E-state index in [1.807, 2.05) is 4.90 Å². The van der Waals surface area contributed by atoms with Crippen molar-refractivity contribution in [2.75, 3.05) is 26.2 Å². The van der Waals surface area contributed by atoms with Gasteiger partial charge in [0.25, 0.3) is 0 Å². The van der Waals surface area contributed by atoms with Crippen LogP contribution in [0.25, 0.3) is 0 Å². The predicted molar refractivity (Wildman–Crippen MR) is 90.2 cm³/mol. The summed E-state index contributed by atoms with van der Waals surface area (Å²) < 4.78 is 0. The van der Waals surface area contributed by atoms with Gasteiger partial charge < -0.3 is 10.6 Å². The molecule has 2 fully saturated rings. The third-order valence-corrected chi connectivity index (χ3v) is 5.21. The number of amides is 1. The Labute approximate surface area is 134 Å². The third-order valence-electron chi connectivity index (χ3n) is 4.94. The van der Waals surface area contributed by atoms with E-state index in [-0.39, 0.29) is 6.04 Å². The fraction of sp³-hybridized carbons (Fsp3) is 0.875. The van der Waals surface area contributed by atoms with Gasteiger partial charge in [0, 0.05) is 32.6 Å². The zero-order chi connectivity index (χ0) is 15.2. The van der Waals surface area contributed by atoms with Crippen LogP contribution in [-0.4, -0.2) is 52.9 Å². The number of hydrogen-bond acceptors (Lipinski definition) is 3. The third kappa shape index (κ3) is 4.65. The van der Waals surface area contributed by atoms with Crippen molar-refractivity contribution in [2.24, 2.45) is 11.7 Å². The summed E-state index contributed by atoms with van der Waals surface area (Å²) >= 11 is 5.20. The Bertz CT molecular complexity index is 361. The van der Waals surface area contributed by atoms with Crippen molar-refractivity contribution in [3.8, 4) is 0 Å². The fourth-order valence-corrected chi connectivity index (χ4v) is 3.92. The molecule has 4 nitrogen and oxygen atoms in total. The molecular formula is C16H29N3OS. The van der Waals surface area contributed by atoms with E-state index in [0.29, 0.717) is 16.8 Å². The Morgan fingerprint density at radius 2 is 1.86 bits per heavy atom. The lowest BCUT2D eigenvalue weighted by atomic mass is 10.0. The Kier molecular flexibility index (Phi) is 6.42. The van der Waals surface area contributed by atoms with Crippen LogP contribution in [0.4, 0.5) is 0 Å². The van der Waals surface area contributed by atoms with Gasteiger partial charge in [-0.05, 0) is 25.2 Å². The van der Waals surface area contributed by atoms with Gasteiger partial charge in [0.15, 0.2) is 0 Å². The average Bonchev–Trinajstić information content (AvgIpc) is 2.97. The molecule has 21 heavy (non-hydrogen) atoms. The molecule has 0 aromatic carbocycles. The molecule has 2 rings (SSSR count). The first-order valence-electron chi connectivity index (χ1n) is 8.43. The fourth-order valence-electron chi connectivity index (χ4n) is 3.65. The van der Waals surface area contributed by atoms with Crippen LogP contribution in [0.1, 0.15) is 51.9 Å². The normalized spacial score (nSPS) is 22.4. The van der Waals surface area contributed by atoms with Gasteiger partial charge >= 0.3 is 0 Å². The monoisotopic (exact) mass is 311 g/mol. The van der Waals surface area contributed by atoms with Crippen LogP contribution in [0, 0.1) is 5.92 Å². The van der Waals surface area contributed by atoms with Crippen LogP contribution in [0.2, 0.25) is 0 Å². The van der Waals surface area contributed by atoms with E-state index in [4.69, 9.17) is 18.0 Å². The molecule has 0 bridgehead atoms. The molecule has 2 aliphatic rings. The molecule has 1 heterocycles. The Morgan fingerprint density at radius 3 is 2.38 bits per heavy atom. The summed E-state index contributed by atoms with van der Waals surface area (Å²) in [6, 6.07) is 0.206. The van der Waals surface area contributed by atoms with E-state index < -0.39 is 0 Å². The highest BCUT2D eigenvalue weighted by Gasteiger charge is 2.28. The van der Waals surface area contributed by atoms with Gasteiger partial charge in [0.1, 0.15) is 0 Å². The van der Waals surface area contributed by atoms with Crippen molar-refractivity contribution < 1.29 is 4.79 Å². The summed E-state index contributed by atoms with van der Waals surface area (Å²) in [5.74, 6) is 0.990. The molecule has 0 spiro atoms. The number of rotatable bonds is 6. The van der Waals surface area contributed by atoms with Crippen LogP contribution >= 0.6 is 12.2 Å². The van der Waals surface area contributed by atoms with Crippen molar-refractivity contribution in [3.05, 3.63) is 0 Å². The largest absolute Gasteiger partial charge is 0.392 e. The van der Waals surface area contributed by atoms with E-state index >= 15 is 0 Å². The highest BCUT2D eigenvalue weighted by Crippen LogP contribution is 2.28. The lowest BCUT2D eigenvalue weighted by molar-refractivity contribution is -0.134. The van der Waals surface area contributed by atoms with E-state index in [2.05, 4.69) is 11.8 Å². The standard InChI is InChI=1S/C16H29N3OS/c1-2-5-14(16(17)21)18-8-10-19(11-9-18)15(20)12-13-6-3-4-7-13/h13-14H,2-12H2,1H3,(H2,17,21). The summed E-state index contributed by atoms with van der Waals surface area (Å²) in [4.78, 5) is 17.3. The molecule has 1 atom stereocenters. The Balaban J connectivity index is 1.78. The van der Waals surface area contributed by atoms with Crippen LogP contribution in [0.3, 0.4) is 0 Å². The summed E-state index contributed by atoms with van der Waals surface area (Å²) in [6.07, 6.45) is 7.95. The molecule has 120 valence electrons. The van der Waals surface area contributed by atoms with Crippen LogP contribution in [-0.2, 0) is 4.79 Å². The van der Waals surface area contributed by atoms with Crippen LogP contribution < -0.4 is 5.73 Å². The average molecular weight is 311 g/mol. The van der Waals surface area contributed by atoms with Gasteiger partial charge in [-0.1, -0.05) is 38.4 Å². The quantitative estimate of drug-likeness (QED) is 0.764. The first-order chi connectivity index (χ1) is 10.1. The minimum absolute atomic E-state index is 0.206. The minimum atomic E-state index is 0.206. The zero-order valence-electron chi connectivity index (χ0n) is 13.2. The van der Waals surface area contributed by atoms with Crippen molar-refractivity contribution in [2.45, 2.75) is 57.9 Å². The van der Waals surface area contributed by atoms with Crippen molar-refractivity contribution >= 4 is 23.1 Å². The highest BCUT2D eigenvalue weighted by atomic mass is 32.1. The molecule has 0 aromatic heterocycles. The second-order valence-electron chi connectivity index (χ2n) is 6.48. The van der Waals surface area contributed by atoms with E-state index in [1.165, 1.54) is 25.7 Å². The molecule has 1 aliphatic heterocycles. The molecule has 1 amide bonds. The van der Waals surface area contributed by atoms with E-state index in [1.54, 1.807) is 0 Å². The van der Waals surface area contributed by atoms with Gasteiger partial charge in [-0.3, -0.25) is 9.69 Å². The lowest BCUT2D eigenvalue weighted by Crippen LogP contribution is -2.55. The van der Waals surface area contributed by atoms with Crippen molar-refractivity contribution in [1.29, 1.82) is 0 Å². The first-order valence-corrected chi connectivity index (χ1v) is 8.83. The highest BCUT2D eigenvalue weighted by molar-refractivity contribution is 7.80. The number of nitrogens with two attached hydrogens (primary N) is 1. The second-order valence-corrected chi connectivity index (χ2v) is 6.95. The van der Waals surface area contributed by atoms with Crippen molar-refractivity contribution in [1.82, 2.24) is 9.80 Å². The summed E-state index contributed by atoms with van der Waals surface area (Å²) in [5, 5.41) is 0. The Hall–Kier alpha value is -0.680. The maximum absolute atomic E-state index is 12.3. The Morgan fingerprint density at radius 1 is 1.24 bits per heavy atom. The van der Waals surface area contributed by atoms with E-state index in [0.717, 1.165) is 45.4 Å². The molecule has 1 unspecified atom stereocenters. The second kappa shape index (κ2) is 8.08. The summed E-state index contributed by atoms with van der Waals surface area (Å²) in [7, 11) is 0. The maximum Gasteiger partial charge on any atom is 0.222 e. The summed E-state index contributed by atoms with van der Waals surface area (Å²) in [5.41, 5.74) is 5.87. The first kappa shape index (κ1) is 16.7.